The summed E-state index contributed by atoms with van der Waals surface area (Å²) in [7, 11) is 0. The van der Waals surface area contributed by atoms with Gasteiger partial charge in [0.2, 0.25) is 0 Å². The molecule has 0 spiro atoms. The minimum atomic E-state index is 0.0381. The molecule has 2 aliphatic carbocycles. The van der Waals surface area contributed by atoms with E-state index in [2.05, 4.69) is 13.8 Å². The molecule has 2 bridgehead atoms. The van der Waals surface area contributed by atoms with Gasteiger partial charge in [0.15, 0.2) is 0 Å². The van der Waals surface area contributed by atoms with E-state index in [0.717, 1.165) is 24.2 Å². The maximum absolute atomic E-state index is 9.51. The maximum atomic E-state index is 9.51. The number of rotatable bonds is 0. The highest BCUT2D eigenvalue weighted by molar-refractivity contribution is 4.97. The van der Waals surface area contributed by atoms with Gasteiger partial charge in [-0.1, -0.05) is 13.8 Å². The minimum absolute atomic E-state index is 0.0381. The molecule has 58 valence electrons. The van der Waals surface area contributed by atoms with Crippen molar-refractivity contribution in [3.63, 3.8) is 0 Å². The number of hydrogen-bond acceptors (Lipinski definition) is 1. The standard InChI is InChI=1S/C9H16O/c1-5-6(2)8-3-7(5)4-9(8)10/h5-10H,3-4H2,1-2H3/t5-,6+,7-,8-,9-/m0/s1. The Hall–Kier alpha value is -0.0400. The molecule has 0 aromatic rings. The van der Waals surface area contributed by atoms with E-state index < -0.39 is 0 Å². The number of hydrogen-bond donors (Lipinski definition) is 1. The van der Waals surface area contributed by atoms with Crippen molar-refractivity contribution in [2.45, 2.75) is 32.8 Å². The van der Waals surface area contributed by atoms with Crippen LogP contribution in [0.2, 0.25) is 0 Å². The summed E-state index contributed by atoms with van der Waals surface area (Å²) in [6, 6.07) is 0. The molecule has 1 N–H and O–H groups in total. The van der Waals surface area contributed by atoms with E-state index in [1.54, 1.807) is 0 Å². The molecular weight excluding hydrogens is 124 g/mol. The van der Waals surface area contributed by atoms with Crippen molar-refractivity contribution >= 4 is 0 Å². The van der Waals surface area contributed by atoms with Crippen LogP contribution in [0.25, 0.3) is 0 Å². The first-order valence-corrected chi connectivity index (χ1v) is 4.38. The van der Waals surface area contributed by atoms with Crippen LogP contribution < -0.4 is 0 Å². The third-order valence-electron chi connectivity index (χ3n) is 3.86. The summed E-state index contributed by atoms with van der Waals surface area (Å²) < 4.78 is 0. The number of fused-ring (bicyclic) bond motifs is 2. The van der Waals surface area contributed by atoms with Gasteiger partial charge in [-0.2, -0.15) is 0 Å². The Morgan fingerprint density at radius 2 is 1.80 bits per heavy atom. The SMILES string of the molecule is C[C@@H]1[C@H]2C[C@@H]([C@@H]1C)[C@@H](O)C2. The molecule has 2 aliphatic rings. The monoisotopic (exact) mass is 140 g/mol. The van der Waals surface area contributed by atoms with Gasteiger partial charge in [-0.25, -0.2) is 0 Å². The zero-order valence-electron chi connectivity index (χ0n) is 6.75. The predicted molar refractivity (Wildman–Crippen MR) is 40.5 cm³/mol. The van der Waals surface area contributed by atoms with Gasteiger partial charge in [0.05, 0.1) is 6.10 Å². The van der Waals surface area contributed by atoms with Gasteiger partial charge in [0.1, 0.15) is 0 Å². The topological polar surface area (TPSA) is 20.2 Å². The molecule has 2 saturated carbocycles. The predicted octanol–water partition coefficient (Wildman–Crippen LogP) is 1.66. The Balaban J connectivity index is 2.16. The normalized spacial score (nSPS) is 59.7. The third-order valence-corrected chi connectivity index (χ3v) is 3.86. The van der Waals surface area contributed by atoms with E-state index >= 15 is 0 Å². The largest absolute Gasteiger partial charge is 0.393 e. The van der Waals surface area contributed by atoms with Crippen LogP contribution in [-0.4, -0.2) is 11.2 Å². The first-order chi connectivity index (χ1) is 4.70. The average molecular weight is 140 g/mol. The average Bonchev–Trinajstić information content (AvgIpc) is 2.36. The van der Waals surface area contributed by atoms with Crippen LogP contribution in [0.4, 0.5) is 0 Å². The van der Waals surface area contributed by atoms with Crippen LogP contribution in [0.15, 0.2) is 0 Å². The lowest BCUT2D eigenvalue weighted by Gasteiger charge is -2.28. The fraction of sp³-hybridized carbons (Fsp3) is 1.00. The second-order valence-electron chi connectivity index (χ2n) is 4.18. The van der Waals surface area contributed by atoms with E-state index in [9.17, 15) is 5.11 Å². The van der Waals surface area contributed by atoms with E-state index in [1.165, 1.54) is 6.42 Å². The molecule has 0 saturated heterocycles. The van der Waals surface area contributed by atoms with Crippen molar-refractivity contribution in [2.75, 3.05) is 0 Å². The van der Waals surface area contributed by atoms with E-state index in [0.29, 0.717) is 5.92 Å². The molecule has 1 nitrogen and oxygen atoms in total. The fourth-order valence-electron chi connectivity index (χ4n) is 2.90. The summed E-state index contributed by atoms with van der Waals surface area (Å²) in [4.78, 5) is 0. The van der Waals surface area contributed by atoms with Crippen LogP contribution in [0, 0.1) is 23.7 Å². The van der Waals surface area contributed by atoms with Crippen LogP contribution in [0.1, 0.15) is 26.7 Å². The molecule has 0 heterocycles. The Morgan fingerprint density at radius 1 is 1.10 bits per heavy atom. The second kappa shape index (κ2) is 1.97. The molecule has 2 fully saturated rings. The highest BCUT2D eigenvalue weighted by Crippen LogP contribution is 2.51. The fourth-order valence-corrected chi connectivity index (χ4v) is 2.90. The van der Waals surface area contributed by atoms with E-state index in [-0.39, 0.29) is 6.10 Å². The molecule has 0 aromatic carbocycles. The van der Waals surface area contributed by atoms with Crippen LogP contribution >= 0.6 is 0 Å². The number of aliphatic hydroxyl groups excluding tert-OH is 1. The van der Waals surface area contributed by atoms with Crippen LogP contribution in [-0.2, 0) is 0 Å². The number of aliphatic hydroxyl groups is 1. The molecule has 5 atom stereocenters. The zero-order valence-corrected chi connectivity index (χ0v) is 6.75. The molecule has 0 aliphatic heterocycles. The molecule has 10 heavy (non-hydrogen) atoms. The van der Waals surface area contributed by atoms with Gasteiger partial charge < -0.3 is 5.11 Å². The van der Waals surface area contributed by atoms with E-state index in [1.807, 2.05) is 0 Å². The Labute approximate surface area is 62.4 Å². The maximum Gasteiger partial charge on any atom is 0.0573 e. The summed E-state index contributed by atoms with van der Waals surface area (Å²) in [5.41, 5.74) is 0. The van der Waals surface area contributed by atoms with Crippen LogP contribution in [0.5, 0.6) is 0 Å². The van der Waals surface area contributed by atoms with Crippen molar-refractivity contribution in [1.29, 1.82) is 0 Å². The summed E-state index contributed by atoms with van der Waals surface area (Å²) in [5, 5.41) is 9.51. The van der Waals surface area contributed by atoms with Gasteiger partial charge in [0, 0.05) is 0 Å². The molecule has 0 aromatic heterocycles. The molecule has 2 rings (SSSR count). The van der Waals surface area contributed by atoms with Gasteiger partial charge in [-0.3, -0.25) is 0 Å². The molecule has 1 heteroatoms. The summed E-state index contributed by atoms with van der Waals surface area (Å²) in [6.45, 7) is 4.62. The van der Waals surface area contributed by atoms with Crippen molar-refractivity contribution in [1.82, 2.24) is 0 Å². The third kappa shape index (κ3) is 0.672. The highest BCUT2D eigenvalue weighted by Gasteiger charge is 2.47. The Kier molecular flexibility index (Phi) is 1.31. The zero-order chi connectivity index (χ0) is 7.30. The Bertz CT molecular complexity index is 142. The smallest absolute Gasteiger partial charge is 0.0573 e. The second-order valence-corrected chi connectivity index (χ2v) is 4.18. The lowest BCUT2D eigenvalue weighted by atomic mass is 9.80. The first kappa shape index (κ1) is 6.66. The van der Waals surface area contributed by atoms with Crippen LogP contribution in [0.3, 0.4) is 0 Å². The summed E-state index contributed by atoms with van der Waals surface area (Å²) in [6.07, 6.45) is 2.41. The minimum Gasteiger partial charge on any atom is -0.393 e. The summed E-state index contributed by atoms with van der Waals surface area (Å²) >= 11 is 0. The van der Waals surface area contributed by atoms with Gasteiger partial charge in [0.25, 0.3) is 0 Å². The van der Waals surface area contributed by atoms with Gasteiger partial charge >= 0.3 is 0 Å². The lowest BCUT2D eigenvalue weighted by Crippen LogP contribution is -2.27. The van der Waals surface area contributed by atoms with Crippen molar-refractivity contribution in [3.05, 3.63) is 0 Å². The lowest BCUT2D eigenvalue weighted by molar-refractivity contribution is 0.0645. The Morgan fingerprint density at radius 3 is 2.20 bits per heavy atom. The highest BCUT2D eigenvalue weighted by atomic mass is 16.3. The van der Waals surface area contributed by atoms with Gasteiger partial charge in [-0.05, 0) is 36.5 Å². The van der Waals surface area contributed by atoms with E-state index in [4.69, 9.17) is 0 Å². The molecule has 0 radical (unpaired) electrons. The molecule has 0 amide bonds. The van der Waals surface area contributed by atoms with Crippen molar-refractivity contribution in [3.8, 4) is 0 Å². The summed E-state index contributed by atoms with van der Waals surface area (Å²) in [5.74, 6) is 3.12. The van der Waals surface area contributed by atoms with Gasteiger partial charge in [-0.15, -0.1) is 0 Å². The quantitative estimate of drug-likeness (QED) is 0.542. The molecular formula is C9H16O. The van der Waals surface area contributed by atoms with Crippen molar-refractivity contribution in [2.24, 2.45) is 23.7 Å². The molecule has 0 unspecified atom stereocenters. The van der Waals surface area contributed by atoms with Crippen molar-refractivity contribution < 1.29 is 5.11 Å². The first-order valence-electron chi connectivity index (χ1n) is 4.38.